The van der Waals surface area contributed by atoms with Crippen LogP contribution in [-0.4, -0.2) is 45.7 Å². The van der Waals surface area contributed by atoms with Gasteiger partial charge in [-0.25, -0.2) is 4.79 Å². The van der Waals surface area contributed by atoms with E-state index in [1.54, 1.807) is 18.8 Å². The number of thioether (sulfide) groups is 1. The molecule has 0 bridgehead atoms. The van der Waals surface area contributed by atoms with E-state index >= 15 is 0 Å². The van der Waals surface area contributed by atoms with Gasteiger partial charge in [0.05, 0.1) is 12.0 Å². The summed E-state index contributed by atoms with van der Waals surface area (Å²) >= 11 is 1.70. The van der Waals surface area contributed by atoms with Gasteiger partial charge in [0.2, 0.25) is 6.35 Å². The van der Waals surface area contributed by atoms with Crippen molar-refractivity contribution in [2.45, 2.75) is 38.5 Å². The fourth-order valence-electron chi connectivity index (χ4n) is 3.13. The summed E-state index contributed by atoms with van der Waals surface area (Å²) in [4.78, 5) is 28.4. The Morgan fingerprint density at radius 3 is 2.77 bits per heavy atom. The second kappa shape index (κ2) is 7.77. The number of fused-ring (bicyclic) bond motifs is 1. The summed E-state index contributed by atoms with van der Waals surface area (Å²) in [6, 6.07) is 0. The van der Waals surface area contributed by atoms with Gasteiger partial charge in [-0.05, 0) is 25.2 Å². The lowest BCUT2D eigenvalue weighted by Gasteiger charge is -2.25. The van der Waals surface area contributed by atoms with Crippen molar-refractivity contribution in [3.8, 4) is 0 Å². The number of anilines is 2. The number of aliphatic hydroxyl groups excluding tert-OH is 1. The van der Waals surface area contributed by atoms with Gasteiger partial charge in [-0.15, -0.1) is 11.8 Å². The van der Waals surface area contributed by atoms with Crippen molar-refractivity contribution in [2.75, 3.05) is 30.0 Å². The second-order valence-electron chi connectivity index (χ2n) is 6.22. The molecule has 10 heteroatoms. The molecule has 2 atom stereocenters. The summed E-state index contributed by atoms with van der Waals surface area (Å²) in [6.07, 6.45) is 1.80. The number of rotatable bonds is 7. The Kier molecular flexibility index (Phi) is 5.64. The number of allylic oxidation sites excluding steroid dienone is 1. The van der Waals surface area contributed by atoms with E-state index < -0.39 is 12.0 Å². The molecule has 3 N–H and O–H groups in total. The van der Waals surface area contributed by atoms with Gasteiger partial charge in [-0.1, -0.05) is 0 Å². The molecule has 2 aliphatic heterocycles. The van der Waals surface area contributed by atoms with Crippen LogP contribution in [0.3, 0.4) is 0 Å². The van der Waals surface area contributed by atoms with E-state index in [9.17, 15) is 9.59 Å². The number of ether oxygens (including phenoxy) is 1. The molecule has 0 aliphatic carbocycles. The fraction of sp³-hybridized carbons (Fsp3) is 0.625. The number of hydrogen-bond acceptors (Lipinski definition) is 8. The van der Waals surface area contributed by atoms with E-state index in [4.69, 9.17) is 9.84 Å². The number of aliphatic hydroxyl groups is 1. The van der Waals surface area contributed by atoms with E-state index in [2.05, 4.69) is 10.6 Å². The lowest BCUT2D eigenvalue weighted by atomic mass is 10.4. The third-order valence-corrected chi connectivity index (χ3v) is 5.49. The molecular weight excluding hydrogens is 358 g/mol. The molecule has 26 heavy (non-hydrogen) atoms. The molecule has 9 nitrogen and oxygen atoms in total. The molecule has 2 unspecified atom stereocenters. The van der Waals surface area contributed by atoms with E-state index in [0.717, 1.165) is 0 Å². The SMILES string of the molecule is CCN1c2c(n(C)c(=O)n(CCCO)c2=O)NC1OCC1NC=C(C)S1. The van der Waals surface area contributed by atoms with E-state index in [1.165, 1.54) is 14.0 Å². The molecule has 1 aromatic heterocycles. The van der Waals surface area contributed by atoms with Crippen LogP contribution in [0.5, 0.6) is 0 Å². The molecule has 3 heterocycles. The van der Waals surface area contributed by atoms with Crippen molar-refractivity contribution in [3.63, 3.8) is 0 Å². The van der Waals surface area contributed by atoms with Crippen molar-refractivity contribution < 1.29 is 9.84 Å². The Morgan fingerprint density at radius 2 is 2.15 bits per heavy atom. The van der Waals surface area contributed by atoms with Gasteiger partial charge < -0.3 is 25.4 Å². The first-order valence-corrected chi connectivity index (χ1v) is 9.54. The average molecular weight is 383 g/mol. The first-order valence-electron chi connectivity index (χ1n) is 8.66. The Hall–Kier alpha value is -1.91. The highest BCUT2D eigenvalue weighted by Crippen LogP contribution is 2.31. The third kappa shape index (κ3) is 3.36. The number of nitrogens with zero attached hydrogens (tertiary/aromatic N) is 3. The zero-order chi connectivity index (χ0) is 18.8. The second-order valence-corrected chi connectivity index (χ2v) is 7.67. The Bertz CT molecular complexity index is 818. The molecule has 0 saturated heterocycles. The number of hydrogen-bond donors (Lipinski definition) is 3. The molecule has 0 amide bonds. The van der Waals surface area contributed by atoms with Crippen LogP contribution in [0.15, 0.2) is 20.7 Å². The smallest absolute Gasteiger partial charge is 0.332 e. The minimum Gasteiger partial charge on any atom is -0.396 e. The predicted molar refractivity (Wildman–Crippen MR) is 102 cm³/mol. The van der Waals surface area contributed by atoms with Crippen LogP contribution in [-0.2, 0) is 18.3 Å². The summed E-state index contributed by atoms with van der Waals surface area (Å²) in [5.41, 5.74) is -0.332. The van der Waals surface area contributed by atoms with E-state index in [0.29, 0.717) is 31.1 Å². The molecule has 0 spiro atoms. The van der Waals surface area contributed by atoms with Crippen LogP contribution < -0.4 is 26.8 Å². The zero-order valence-electron chi connectivity index (χ0n) is 15.2. The van der Waals surface area contributed by atoms with Gasteiger partial charge >= 0.3 is 5.69 Å². The Morgan fingerprint density at radius 1 is 1.38 bits per heavy atom. The lowest BCUT2D eigenvalue weighted by Crippen LogP contribution is -2.43. The van der Waals surface area contributed by atoms with Crippen LogP contribution in [0.25, 0.3) is 0 Å². The first-order chi connectivity index (χ1) is 12.5. The van der Waals surface area contributed by atoms with E-state index in [-0.39, 0.29) is 24.1 Å². The maximum absolute atomic E-state index is 12.9. The Balaban J connectivity index is 1.84. The van der Waals surface area contributed by atoms with Gasteiger partial charge in [0.25, 0.3) is 5.56 Å². The summed E-state index contributed by atoms with van der Waals surface area (Å²) in [6.45, 7) is 5.09. The van der Waals surface area contributed by atoms with Gasteiger partial charge in [0, 0.05) is 32.9 Å². The largest absolute Gasteiger partial charge is 0.396 e. The van der Waals surface area contributed by atoms with Gasteiger partial charge in [-0.2, -0.15) is 0 Å². The molecule has 144 valence electrons. The molecule has 2 aliphatic rings. The normalized spacial score (nSPS) is 21.4. The van der Waals surface area contributed by atoms with Crippen molar-refractivity contribution in [1.29, 1.82) is 0 Å². The fourth-order valence-corrected chi connectivity index (χ4v) is 4.00. The first kappa shape index (κ1) is 18.9. The monoisotopic (exact) mass is 383 g/mol. The van der Waals surface area contributed by atoms with Crippen LogP contribution in [0.1, 0.15) is 20.3 Å². The van der Waals surface area contributed by atoms with Crippen LogP contribution in [0.2, 0.25) is 0 Å². The molecular formula is C16H25N5O4S. The highest BCUT2D eigenvalue weighted by Gasteiger charge is 2.35. The quantitative estimate of drug-likeness (QED) is 0.605. The summed E-state index contributed by atoms with van der Waals surface area (Å²) in [7, 11) is 1.63. The molecule has 3 rings (SSSR count). The third-order valence-electron chi connectivity index (χ3n) is 4.44. The topological polar surface area (TPSA) is 101 Å². The average Bonchev–Trinajstić information content (AvgIpc) is 3.21. The standard InChI is InChI=1S/C16H25N5O4S/c1-4-20-12-13(18-15(20)25-9-11-17-8-10(2)26-11)19(3)16(24)21(14(12)23)6-5-7-22/h8,11,15,17-18,22H,4-7,9H2,1-3H3. The van der Waals surface area contributed by atoms with E-state index in [1.807, 2.05) is 24.9 Å². The summed E-state index contributed by atoms with van der Waals surface area (Å²) in [5.74, 6) is 0.466. The number of nitrogens with one attached hydrogen (secondary N) is 2. The summed E-state index contributed by atoms with van der Waals surface area (Å²) < 4.78 is 8.58. The zero-order valence-corrected chi connectivity index (χ0v) is 16.0. The van der Waals surface area contributed by atoms with Crippen molar-refractivity contribution in [2.24, 2.45) is 7.05 Å². The molecule has 0 radical (unpaired) electrons. The van der Waals surface area contributed by atoms with Crippen molar-refractivity contribution >= 4 is 23.3 Å². The van der Waals surface area contributed by atoms with Gasteiger partial charge in [0.1, 0.15) is 11.5 Å². The maximum atomic E-state index is 12.9. The minimum absolute atomic E-state index is 0.0757. The highest BCUT2D eigenvalue weighted by molar-refractivity contribution is 8.03. The van der Waals surface area contributed by atoms with Crippen LogP contribution >= 0.6 is 11.8 Å². The van der Waals surface area contributed by atoms with Gasteiger partial charge in [0.15, 0.2) is 0 Å². The van der Waals surface area contributed by atoms with Crippen LogP contribution in [0, 0.1) is 0 Å². The maximum Gasteiger partial charge on any atom is 0.332 e. The molecule has 0 aromatic carbocycles. The summed E-state index contributed by atoms with van der Waals surface area (Å²) in [5, 5.41) is 15.5. The molecule has 0 saturated carbocycles. The minimum atomic E-state index is -0.509. The lowest BCUT2D eigenvalue weighted by molar-refractivity contribution is 0.0729. The highest BCUT2D eigenvalue weighted by atomic mass is 32.2. The number of aromatic nitrogens is 2. The van der Waals surface area contributed by atoms with Crippen molar-refractivity contribution in [1.82, 2.24) is 14.5 Å². The van der Waals surface area contributed by atoms with Crippen LogP contribution in [0.4, 0.5) is 11.5 Å². The molecule has 0 fully saturated rings. The van der Waals surface area contributed by atoms with Crippen molar-refractivity contribution in [3.05, 3.63) is 31.9 Å². The van der Waals surface area contributed by atoms with Gasteiger partial charge in [-0.3, -0.25) is 13.9 Å². The predicted octanol–water partition coefficient (Wildman–Crippen LogP) is 0.00520. The Labute approximate surface area is 155 Å². The molecule has 1 aromatic rings.